The first kappa shape index (κ1) is 15.9. The first-order chi connectivity index (χ1) is 10.8. The molecule has 4 rings (SSSR count). The van der Waals surface area contributed by atoms with Crippen LogP contribution < -0.4 is 0 Å². The van der Waals surface area contributed by atoms with Gasteiger partial charge in [0.1, 0.15) is 0 Å². The molecule has 4 aliphatic carbocycles. The SMILES string of the molecule is C[C@]12C=C[C@H](O)C=C1C=CC1C2CC[C@@]2(C)C1CC[C@@]2(O)[C]#[Cr]. The first-order valence-electron chi connectivity index (χ1n) is 8.74. The molecule has 2 saturated carbocycles. The van der Waals surface area contributed by atoms with Crippen molar-refractivity contribution in [2.24, 2.45) is 28.6 Å². The fraction of sp³-hybridized carbons (Fsp3) is 0.650. The molecule has 2 nitrogen and oxygen atoms in total. The van der Waals surface area contributed by atoms with Gasteiger partial charge in [-0.15, -0.1) is 0 Å². The van der Waals surface area contributed by atoms with Gasteiger partial charge in [0, 0.05) is 0 Å². The molecule has 2 fully saturated rings. The fourth-order valence-corrected chi connectivity index (χ4v) is 6.47. The van der Waals surface area contributed by atoms with Gasteiger partial charge in [-0.3, -0.25) is 0 Å². The van der Waals surface area contributed by atoms with E-state index in [0.717, 1.165) is 25.7 Å². The van der Waals surface area contributed by atoms with Crippen molar-refractivity contribution in [1.82, 2.24) is 0 Å². The summed E-state index contributed by atoms with van der Waals surface area (Å²) in [5.74, 6) is 1.56. The molecule has 0 spiro atoms. The number of rotatable bonds is 0. The molecule has 0 aromatic rings. The van der Waals surface area contributed by atoms with Crippen molar-refractivity contribution in [2.45, 2.75) is 51.2 Å². The molecular weight excluding hydrogens is 324 g/mol. The van der Waals surface area contributed by atoms with E-state index >= 15 is 0 Å². The Morgan fingerprint density at radius 1 is 1.17 bits per heavy atom. The Bertz CT molecular complexity index is 672. The summed E-state index contributed by atoms with van der Waals surface area (Å²) in [6, 6.07) is 0. The van der Waals surface area contributed by atoms with E-state index in [-0.39, 0.29) is 10.8 Å². The van der Waals surface area contributed by atoms with Crippen LogP contribution in [-0.4, -0.2) is 21.9 Å². The predicted molar refractivity (Wildman–Crippen MR) is 86.4 cm³/mol. The van der Waals surface area contributed by atoms with E-state index < -0.39 is 11.7 Å². The molecule has 3 unspecified atom stereocenters. The van der Waals surface area contributed by atoms with E-state index in [4.69, 9.17) is 0 Å². The fourth-order valence-electron chi connectivity index (χ4n) is 5.95. The van der Waals surface area contributed by atoms with E-state index in [1.54, 1.807) is 0 Å². The Kier molecular flexibility index (Phi) is 3.45. The van der Waals surface area contributed by atoms with Gasteiger partial charge in [0.15, 0.2) is 0 Å². The van der Waals surface area contributed by atoms with Crippen molar-refractivity contribution >= 4 is 0 Å². The van der Waals surface area contributed by atoms with E-state index in [2.05, 4.69) is 52.4 Å². The maximum absolute atomic E-state index is 11.1. The van der Waals surface area contributed by atoms with Gasteiger partial charge in [0.25, 0.3) is 0 Å². The number of aliphatic hydroxyl groups excluding tert-OH is 1. The second-order valence-electron chi connectivity index (χ2n) is 8.36. The summed E-state index contributed by atoms with van der Waals surface area (Å²) in [6.07, 6.45) is 14.3. The summed E-state index contributed by atoms with van der Waals surface area (Å²) in [5.41, 5.74) is 0.408. The summed E-state index contributed by atoms with van der Waals surface area (Å²) in [6.45, 7) is 4.57. The average molecular weight is 349 g/mol. The van der Waals surface area contributed by atoms with Crippen molar-refractivity contribution < 1.29 is 25.9 Å². The van der Waals surface area contributed by atoms with Crippen LogP contribution in [-0.2, 0) is 15.7 Å². The van der Waals surface area contributed by atoms with Crippen LogP contribution in [0.3, 0.4) is 0 Å². The number of aliphatic hydroxyl groups is 2. The second-order valence-corrected chi connectivity index (χ2v) is 8.68. The van der Waals surface area contributed by atoms with Gasteiger partial charge in [-0.2, -0.15) is 0 Å². The van der Waals surface area contributed by atoms with Gasteiger partial charge < -0.3 is 0 Å². The quantitative estimate of drug-likeness (QED) is 0.660. The van der Waals surface area contributed by atoms with Crippen LogP contribution in [0.25, 0.3) is 0 Å². The third kappa shape index (κ3) is 1.95. The van der Waals surface area contributed by atoms with Crippen molar-refractivity contribution in [2.75, 3.05) is 0 Å². The zero-order chi connectivity index (χ0) is 16.5. The standard InChI is InChI=1S/C20H25O2.Cr/c1-18-9-6-14(21)12-13(18)4-5-15-16(18)7-10-19(2)17(15)8-11-20(19,3)22;/h4-6,9,12,14-17,21-22H,7-8,10-11H2,1-2H3;/t14-,15?,16?,17?,18-,19-,20-;/m0./s1. The monoisotopic (exact) mass is 349 g/mol. The molecule has 2 N–H and O–H groups in total. The van der Waals surface area contributed by atoms with Gasteiger partial charge in [-0.1, -0.05) is 0 Å². The van der Waals surface area contributed by atoms with Crippen LogP contribution in [0, 0.1) is 33.3 Å². The topological polar surface area (TPSA) is 40.5 Å². The number of allylic oxidation sites excluding steroid dienone is 4. The van der Waals surface area contributed by atoms with Gasteiger partial charge in [0.05, 0.1) is 0 Å². The van der Waals surface area contributed by atoms with Crippen LogP contribution >= 0.6 is 0 Å². The molecule has 0 saturated heterocycles. The number of fused-ring (bicyclic) bond motifs is 5. The molecule has 7 atom stereocenters. The van der Waals surface area contributed by atoms with E-state index in [1.807, 2.05) is 12.2 Å². The molecule has 123 valence electrons. The summed E-state index contributed by atoms with van der Waals surface area (Å²) in [5, 5.41) is 21.0. The summed E-state index contributed by atoms with van der Waals surface area (Å²) in [7, 11) is 0. The van der Waals surface area contributed by atoms with Crippen molar-refractivity contribution in [3.63, 3.8) is 0 Å². The Hall–Kier alpha value is -0.548. The van der Waals surface area contributed by atoms with E-state index in [0.29, 0.717) is 17.8 Å². The maximum atomic E-state index is 11.1. The molecule has 3 heteroatoms. The number of hydrogen-bond acceptors (Lipinski definition) is 2. The molecule has 4 aliphatic rings. The molecule has 0 radical (unpaired) electrons. The molecule has 0 amide bonds. The van der Waals surface area contributed by atoms with Crippen molar-refractivity contribution in [3.8, 4) is 4.69 Å². The minimum absolute atomic E-state index is 0.0203. The van der Waals surface area contributed by atoms with Gasteiger partial charge >= 0.3 is 146 Å². The third-order valence-corrected chi connectivity index (χ3v) is 8.06. The number of hydrogen-bond donors (Lipinski definition) is 2. The first-order valence-corrected chi connectivity index (χ1v) is 9.37. The zero-order valence-electron chi connectivity index (χ0n) is 13.8. The minimum atomic E-state index is -0.786. The van der Waals surface area contributed by atoms with Gasteiger partial charge in [-0.25, -0.2) is 0 Å². The molecular formula is C20H25CrO2. The van der Waals surface area contributed by atoms with Crippen molar-refractivity contribution in [3.05, 3.63) is 36.0 Å². The molecule has 0 bridgehead atoms. The Morgan fingerprint density at radius 2 is 1.91 bits per heavy atom. The van der Waals surface area contributed by atoms with E-state index in [1.165, 1.54) is 5.57 Å². The molecule has 23 heavy (non-hydrogen) atoms. The third-order valence-electron chi connectivity index (χ3n) is 7.53. The normalized spacial score (nSPS) is 53.8. The Balaban J connectivity index is 1.76. The molecule has 0 aliphatic heterocycles. The van der Waals surface area contributed by atoms with Crippen LogP contribution in [0.15, 0.2) is 36.0 Å². The van der Waals surface area contributed by atoms with Gasteiger partial charge in [-0.05, 0) is 0 Å². The summed E-state index contributed by atoms with van der Waals surface area (Å²) < 4.78 is 3.10. The zero-order valence-corrected chi connectivity index (χ0v) is 15.1. The van der Waals surface area contributed by atoms with Crippen molar-refractivity contribution in [1.29, 1.82) is 0 Å². The Morgan fingerprint density at radius 3 is 2.65 bits per heavy atom. The van der Waals surface area contributed by atoms with Crippen LogP contribution in [0.2, 0.25) is 0 Å². The summed E-state index contributed by atoms with van der Waals surface area (Å²) >= 11 is 2.85. The van der Waals surface area contributed by atoms with Crippen LogP contribution in [0.5, 0.6) is 0 Å². The van der Waals surface area contributed by atoms with Crippen LogP contribution in [0.1, 0.15) is 39.5 Å². The summed E-state index contributed by atoms with van der Waals surface area (Å²) in [4.78, 5) is 0. The van der Waals surface area contributed by atoms with Crippen LogP contribution in [0.4, 0.5) is 0 Å². The Labute approximate surface area is 146 Å². The average Bonchev–Trinajstić information content (AvgIpc) is 2.80. The molecule has 0 heterocycles. The molecule has 0 aromatic heterocycles. The van der Waals surface area contributed by atoms with E-state index in [9.17, 15) is 10.2 Å². The predicted octanol–water partition coefficient (Wildman–Crippen LogP) is 3.10. The van der Waals surface area contributed by atoms with Gasteiger partial charge in [0.2, 0.25) is 0 Å². The second kappa shape index (κ2) is 4.98. The molecule has 0 aromatic carbocycles.